The first-order valence-electron chi connectivity index (χ1n) is 9.28. The van der Waals surface area contributed by atoms with Gasteiger partial charge >= 0.3 is 18.8 Å². The fourth-order valence-electron chi connectivity index (χ4n) is 2.30. The van der Waals surface area contributed by atoms with Crippen molar-refractivity contribution in [2.24, 2.45) is 0 Å². The van der Waals surface area contributed by atoms with Crippen LogP contribution in [0.4, 0.5) is 17.3 Å². The van der Waals surface area contributed by atoms with E-state index in [1.54, 1.807) is 7.11 Å². The molecule has 0 fully saturated rings. The predicted molar refractivity (Wildman–Crippen MR) is 113 cm³/mol. The first kappa shape index (κ1) is 24.7. The van der Waals surface area contributed by atoms with Gasteiger partial charge in [0.25, 0.3) is 0 Å². The van der Waals surface area contributed by atoms with E-state index >= 15 is 0 Å². The molecule has 0 spiro atoms. The number of hydrogen-bond acceptors (Lipinski definition) is 1. The maximum atomic E-state index is 9.75. The normalized spacial score (nSPS) is 12.5. The minimum Gasteiger partial charge on any atom is -0.497 e. The van der Waals surface area contributed by atoms with E-state index in [-0.39, 0.29) is 10.8 Å². The van der Waals surface area contributed by atoms with Crippen LogP contribution in [0.5, 0.6) is 5.75 Å². The maximum absolute atomic E-state index is 9.75. The van der Waals surface area contributed by atoms with E-state index in [0.717, 1.165) is 22.8 Å². The summed E-state index contributed by atoms with van der Waals surface area (Å²) in [5, 5.41) is 0. The summed E-state index contributed by atoms with van der Waals surface area (Å²) in [6.45, 7) is 13.2. The zero-order valence-corrected chi connectivity index (χ0v) is 18.0. The Balaban J connectivity index is 0.000000749. The average Bonchev–Trinajstić information content (AvgIpc) is 2.57. The van der Waals surface area contributed by atoms with E-state index in [1.807, 2.05) is 30.3 Å². The number of halogens is 4. The summed E-state index contributed by atoms with van der Waals surface area (Å²) in [7, 11) is -4.32. The Bertz CT molecular complexity index is 776. The fraction of sp³-hybridized carbons (Fsp3) is 0.409. The number of ether oxygens (including phenoxy) is 1. The number of hydrogen-bond donors (Lipinski definition) is 0. The van der Waals surface area contributed by atoms with Crippen molar-refractivity contribution in [3.63, 3.8) is 0 Å². The van der Waals surface area contributed by atoms with Crippen LogP contribution in [0.3, 0.4) is 0 Å². The van der Waals surface area contributed by atoms with Crippen LogP contribution in [-0.4, -0.2) is 14.4 Å². The molecule has 2 nitrogen and oxygen atoms in total. The summed E-state index contributed by atoms with van der Waals surface area (Å²) in [5.74, 6) is 2.74. The highest BCUT2D eigenvalue weighted by Gasteiger charge is 2.30. The van der Waals surface area contributed by atoms with Crippen LogP contribution in [0.25, 0.3) is 12.2 Å². The Labute approximate surface area is 170 Å². The van der Waals surface area contributed by atoms with E-state index in [2.05, 4.69) is 59.8 Å². The van der Waals surface area contributed by atoms with E-state index in [4.69, 9.17) is 9.15 Å². The summed E-state index contributed by atoms with van der Waals surface area (Å²) < 4.78 is 50.3. The second-order valence-electron chi connectivity index (χ2n) is 8.71. The van der Waals surface area contributed by atoms with Gasteiger partial charge in [-0.25, -0.2) is 4.42 Å². The lowest BCUT2D eigenvalue weighted by molar-refractivity contribution is 0.368. The van der Waals surface area contributed by atoms with Crippen LogP contribution in [-0.2, 0) is 10.8 Å². The molecule has 0 unspecified atom stereocenters. The fourth-order valence-corrected chi connectivity index (χ4v) is 2.30. The molecule has 0 aliphatic rings. The highest BCUT2D eigenvalue weighted by atomic mass is 19.5. The number of methoxy groups -OCH3 is 1. The van der Waals surface area contributed by atoms with Gasteiger partial charge < -0.3 is 22.0 Å². The van der Waals surface area contributed by atoms with Crippen LogP contribution >= 0.6 is 0 Å². The smallest absolute Gasteiger partial charge is 0.497 e. The molecule has 1 heterocycles. The van der Waals surface area contributed by atoms with E-state index in [9.17, 15) is 17.3 Å². The molecule has 0 aliphatic heterocycles. The molecule has 0 bridgehead atoms. The first-order valence-corrected chi connectivity index (χ1v) is 9.28. The van der Waals surface area contributed by atoms with Crippen molar-refractivity contribution < 1.29 is 26.4 Å². The van der Waals surface area contributed by atoms with Crippen molar-refractivity contribution >= 4 is 19.4 Å². The summed E-state index contributed by atoms with van der Waals surface area (Å²) in [5.41, 5.74) is 2.46. The molecule has 0 aliphatic carbocycles. The van der Waals surface area contributed by atoms with Crippen molar-refractivity contribution in [1.82, 2.24) is 0 Å². The second kappa shape index (κ2) is 9.46. The Morgan fingerprint density at radius 3 is 1.76 bits per heavy atom. The molecule has 0 radical (unpaired) electrons. The van der Waals surface area contributed by atoms with Gasteiger partial charge in [-0.15, -0.1) is 0 Å². The summed E-state index contributed by atoms with van der Waals surface area (Å²) in [6.07, 6.45) is 4.10. The summed E-state index contributed by atoms with van der Waals surface area (Å²) in [4.78, 5) is 0. The zero-order valence-electron chi connectivity index (χ0n) is 18.0. The number of benzene rings is 1. The van der Waals surface area contributed by atoms with Gasteiger partial charge in [0.05, 0.1) is 12.5 Å². The van der Waals surface area contributed by atoms with E-state index in [0.29, 0.717) is 0 Å². The SMILES string of the molecule is COc1ccc(/C=C/c2cc(C(C)(C)C)cc(C(C)(C)C)[o+]2)cc1.F[B-](F)(F)F. The lowest BCUT2D eigenvalue weighted by atomic mass is 9.84. The van der Waals surface area contributed by atoms with Gasteiger partial charge in [0.15, 0.2) is 0 Å². The maximum Gasteiger partial charge on any atom is 0.673 e. The summed E-state index contributed by atoms with van der Waals surface area (Å²) >= 11 is 0. The highest BCUT2D eigenvalue weighted by Crippen LogP contribution is 2.31. The van der Waals surface area contributed by atoms with Gasteiger partial charge in [-0.05, 0) is 55.5 Å². The lowest BCUT2D eigenvalue weighted by Gasteiger charge is -2.19. The minimum absolute atomic E-state index is 0.0238. The van der Waals surface area contributed by atoms with Crippen molar-refractivity contribution in [3.8, 4) is 5.75 Å². The van der Waals surface area contributed by atoms with Gasteiger partial charge in [0, 0.05) is 18.2 Å². The van der Waals surface area contributed by atoms with E-state index in [1.165, 1.54) is 5.56 Å². The molecule has 160 valence electrons. The van der Waals surface area contributed by atoms with Gasteiger partial charge in [-0.1, -0.05) is 32.9 Å². The second-order valence-corrected chi connectivity index (χ2v) is 8.71. The van der Waals surface area contributed by atoms with Gasteiger partial charge in [-0.2, -0.15) is 0 Å². The van der Waals surface area contributed by atoms with Gasteiger partial charge in [0.1, 0.15) is 5.75 Å². The van der Waals surface area contributed by atoms with Crippen LogP contribution < -0.4 is 4.74 Å². The quantitative estimate of drug-likeness (QED) is 0.293. The van der Waals surface area contributed by atoms with Crippen molar-refractivity contribution in [2.45, 2.75) is 52.4 Å². The molecule has 0 amide bonds. The molecule has 1 aromatic heterocycles. The molecule has 2 rings (SSSR count). The molecule has 0 saturated heterocycles. The number of rotatable bonds is 3. The third-order valence-corrected chi connectivity index (χ3v) is 3.97. The van der Waals surface area contributed by atoms with Crippen molar-refractivity contribution in [2.75, 3.05) is 7.11 Å². The molecule has 7 heteroatoms. The predicted octanol–water partition coefficient (Wildman–Crippen LogP) is 7.63. The standard InChI is InChI=1S/C22H29O2.BF4/c1-21(2,3)17-14-19(24-20(15-17)22(4,5)6)13-10-16-8-11-18(23-7)12-9-16;2-1(3,4)5/h8-15H,1-7H3;/q+1;-1/b13-10+;. The monoisotopic (exact) mass is 412 g/mol. The summed E-state index contributed by atoms with van der Waals surface area (Å²) in [6, 6.07) is 12.3. The van der Waals surface area contributed by atoms with Gasteiger partial charge in [0.2, 0.25) is 0 Å². The van der Waals surface area contributed by atoms with Crippen LogP contribution in [0, 0.1) is 0 Å². The molecule has 2 aromatic rings. The molecule has 0 atom stereocenters. The topological polar surface area (TPSA) is 20.5 Å². The van der Waals surface area contributed by atoms with Crippen LogP contribution in [0.15, 0.2) is 40.8 Å². The third-order valence-electron chi connectivity index (χ3n) is 3.97. The lowest BCUT2D eigenvalue weighted by Crippen LogP contribution is -2.16. The van der Waals surface area contributed by atoms with Crippen molar-refractivity contribution in [1.29, 1.82) is 0 Å². The first-order chi connectivity index (χ1) is 13.1. The van der Waals surface area contributed by atoms with Crippen LogP contribution in [0.1, 0.15) is 64.2 Å². The molecular weight excluding hydrogens is 383 g/mol. The molecule has 1 aromatic carbocycles. The molecular formula is C22H29BF4O2. The van der Waals surface area contributed by atoms with E-state index < -0.39 is 7.25 Å². The average molecular weight is 412 g/mol. The highest BCUT2D eigenvalue weighted by molar-refractivity contribution is 6.50. The Kier molecular flexibility index (Phi) is 8.07. The van der Waals surface area contributed by atoms with Crippen LogP contribution in [0.2, 0.25) is 0 Å². The minimum atomic E-state index is -6.00. The molecule has 0 N–H and O–H groups in total. The Morgan fingerprint density at radius 2 is 1.34 bits per heavy atom. The largest absolute Gasteiger partial charge is 0.673 e. The third kappa shape index (κ3) is 9.63. The molecule has 29 heavy (non-hydrogen) atoms. The zero-order chi connectivity index (χ0) is 22.5. The Morgan fingerprint density at radius 1 is 0.828 bits per heavy atom. The van der Waals surface area contributed by atoms with Gasteiger partial charge in [-0.3, -0.25) is 0 Å². The molecule has 0 saturated carbocycles. The Hall–Kier alpha value is -2.31. The van der Waals surface area contributed by atoms with Crippen molar-refractivity contribution in [3.05, 3.63) is 59.0 Å².